The SMILES string of the molecule is C.C.CC1CCC(C)CC1.CC1CCC(C)CC1.[2HH]. The monoisotopic (exact) mass is 259 g/mol. The molecule has 0 aromatic heterocycles. The smallest absolute Gasteiger partial charge is 0 e. The van der Waals surface area contributed by atoms with E-state index in [1.165, 1.54) is 51.4 Å². The minimum atomic E-state index is 0. The lowest BCUT2D eigenvalue weighted by Gasteiger charge is -2.22. The molecule has 0 N–H and O–H groups in total. The van der Waals surface area contributed by atoms with Crippen molar-refractivity contribution in [3.8, 4) is 0 Å². The Morgan fingerprint density at radius 3 is 0.667 bits per heavy atom. The largest absolute Gasteiger partial charge is 0.0776 e. The van der Waals surface area contributed by atoms with E-state index in [1.807, 2.05) is 0 Å². The van der Waals surface area contributed by atoms with Crippen LogP contribution in [-0.2, 0) is 0 Å². The van der Waals surface area contributed by atoms with Gasteiger partial charge in [-0.3, -0.25) is 0 Å². The van der Waals surface area contributed by atoms with Gasteiger partial charge in [0.25, 0.3) is 0 Å². The van der Waals surface area contributed by atoms with E-state index < -0.39 is 0 Å². The van der Waals surface area contributed by atoms with Crippen LogP contribution in [0, 0.1) is 23.7 Å². The molecule has 0 saturated heterocycles. The molecule has 0 aliphatic heterocycles. The van der Waals surface area contributed by atoms with Crippen molar-refractivity contribution in [2.75, 3.05) is 0 Å². The number of hydrogen-bond donors (Lipinski definition) is 0. The Morgan fingerprint density at radius 2 is 0.556 bits per heavy atom. The van der Waals surface area contributed by atoms with Crippen molar-refractivity contribution in [2.45, 2.75) is 93.9 Å². The molecule has 0 bridgehead atoms. The minimum absolute atomic E-state index is 0. The van der Waals surface area contributed by atoms with Crippen molar-refractivity contribution in [3.05, 3.63) is 0 Å². The fourth-order valence-electron chi connectivity index (χ4n) is 2.85. The van der Waals surface area contributed by atoms with Gasteiger partial charge in [0.1, 0.15) is 0 Å². The van der Waals surface area contributed by atoms with Crippen molar-refractivity contribution in [1.82, 2.24) is 0 Å². The highest BCUT2D eigenvalue weighted by molar-refractivity contribution is 4.66. The van der Waals surface area contributed by atoms with Crippen molar-refractivity contribution in [2.24, 2.45) is 23.7 Å². The molecule has 2 aliphatic carbocycles. The summed E-state index contributed by atoms with van der Waals surface area (Å²) in [5.41, 5.74) is 0. The molecule has 0 aromatic rings. The first-order valence-corrected chi connectivity index (χ1v) is 7.58. The molecular weight excluding hydrogens is 216 g/mol. The van der Waals surface area contributed by atoms with E-state index in [2.05, 4.69) is 27.7 Å². The molecule has 2 rings (SSSR count). The highest BCUT2D eigenvalue weighted by atomic mass is 14.2. The molecule has 0 heteroatoms. The quantitative estimate of drug-likeness (QED) is 0.432. The second-order valence-corrected chi connectivity index (χ2v) is 6.73. The summed E-state index contributed by atoms with van der Waals surface area (Å²) in [5.74, 6) is 4.08. The molecule has 2 fully saturated rings. The van der Waals surface area contributed by atoms with Gasteiger partial charge in [-0.05, 0) is 23.7 Å². The Hall–Kier alpha value is 0. The average Bonchev–Trinajstić information content (AvgIpc) is 2.28. The summed E-state index contributed by atoms with van der Waals surface area (Å²) in [6.07, 6.45) is 11.8. The van der Waals surface area contributed by atoms with Crippen LogP contribution in [0.1, 0.15) is 95.3 Å². The van der Waals surface area contributed by atoms with Crippen LogP contribution in [0.4, 0.5) is 0 Å². The Kier molecular flexibility index (Phi) is 12.3. The van der Waals surface area contributed by atoms with Crippen molar-refractivity contribution in [3.63, 3.8) is 0 Å². The van der Waals surface area contributed by atoms with Crippen LogP contribution in [0.25, 0.3) is 0 Å². The van der Waals surface area contributed by atoms with E-state index in [9.17, 15) is 0 Å². The summed E-state index contributed by atoms with van der Waals surface area (Å²) < 4.78 is 0. The first-order chi connectivity index (χ1) is 7.58. The lowest BCUT2D eigenvalue weighted by atomic mass is 9.84. The highest BCUT2D eigenvalue weighted by Crippen LogP contribution is 2.27. The van der Waals surface area contributed by atoms with Gasteiger partial charge < -0.3 is 0 Å². The molecule has 114 valence electrons. The standard InChI is InChI=1S/2C8H16.2CH4.H2/c2*1-7-3-5-8(2)6-4-7;;;/h2*7-8H,3-6H2,1-2H3;2*1H4;1H/i;;;;1+1. The molecule has 0 radical (unpaired) electrons. The normalized spacial score (nSPS) is 35.3. The summed E-state index contributed by atoms with van der Waals surface area (Å²) >= 11 is 0. The van der Waals surface area contributed by atoms with Crippen LogP contribution in [-0.4, -0.2) is 0 Å². The molecule has 18 heavy (non-hydrogen) atoms. The predicted molar refractivity (Wildman–Crippen MR) is 89.2 cm³/mol. The van der Waals surface area contributed by atoms with Gasteiger partial charge in [0.15, 0.2) is 0 Å². The Labute approximate surface area is 119 Å². The van der Waals surface area contributed by atoms with Crippen LogP contribution >= 0.6 is 0 Å². The molecule has 0 spiro atoms. The summed E-state index contributed by atoms with van der Waals surface area (Å²) in [7, 11) is 0. The van der Waals surface area contributed by atoms with Gasteiger partial charge in [-0.15, -0.1) is 0 Å². The van der Waals surface area contributed by atoms with Gasteiger partial charge in [-0.1, -0.05) is 93.9 Å². The maximum absolute atomic E-state index is 2.37. The highest BCUT2D eigenvalue weighted by Gasteiger charge is 2.13. The van der Waals surface area contributed by atoms with Crippen molar-refractivity contribution in [1.29, 1.82) is 0 Å². The predicted octanol–water partition coefficient (Wildman–Crippen LogP) is 7.18. The van der Waals surface area contributed by atoms with Gasteiger partial charge in [0.05, 0.1) is 0 Å². The van der Waals surface area contributed by atoms with Crippen LogP contribution in [0.5, 0.6) is 0 Å². The Balaban J connectivity index is -0.000000233. The van der Waals surface area contributed by atoms with E-state index in [-0.39, 0.29) is 16.3 Å². The van der Waals surface area contributed by atoms with E-state index in [0.717, 1.165) is 23.7 Å². The summed E-state index contributed by atoms with van der Waals surface area (Å²) in [5, 5.41) is 0. The maximum Gasteiger partial charge on any atom is 0 e. The van der Waals surface area contributed by atoms with Gasteiger partial charge in [-0.2, -0.15) is 0 Å². The van der Waals surface area contributed by atoms with Gasteiger partial charge in [0.2, 0.25) is 0 Å². The third-order valence-corrected chi connectivity index (χ3v) is 4.61. The van der Waals surface area contributed by atoms with Crippen LogP contribution in [0.2, 0.25) is 0 Å². The summed E-state index contributed by atoms with van der Waals surface area (Å²) in [6, 6.07) is 0. The van der Waals surface area contributed by atoms with Crippen LogP contribution in [0.3, 0.4) is 0 Å². The van der Waals surface area contributed by atoms with Gasteiger partial charge >= 0.3 is 0 Å². The van der Waals surface area contributed by atoms with Gasteiger partial charge in [0, 0.05) is 1.43 Å². The minimum Gasteiger partial charge on any atom is -0.0776 e. The number of rotatable bonds is 0. The zero-order valence-corrected chi connectivity index (χ0v) is 12.0. The van der Waals surface area contributed by atoms with Crippen LogP contribution in [0.15, 0.2) is 0 Å². The molecule has 0 heterocycles. The average molecular weight is 260 g/mol. The fourth-order valence-corrected chi connectivity index (χ4v) is 2.85. The van der Waals surface area contributed by atoms with E-state index in [1.54, 1.807) is 0 Å². The molecule has 0 unspecified atom stereocenters. The third-order valence-electron chi connectivity index (χ3n) is 4.61. The molecule has 2 saturated carbocycles. The zero-order chi connectivity index (χ0) is 12.0. The lowest BCUT2D eigenvalue weighted by Crippen LogP contribution is -2.08. The van der Waals surface area contributed by atoms with E-state index >= 15 is 0 Å². The fraction of sp³-hybridized carbons (Fsp3) is 1.00. The third kappa shape index (κ3) is 9.00. The van der Waals surface area contributed by atoms with E-state index in [0.29, 0.717) is 0 Å². The molecule has 2 aliphatic rings. The van der Waals surface area contributed by atoms with Crippen LogP contribution < -0.4 is 0 Å². The Morgan fingerprint density at radius 1 is 0.444 bits per heavy atom. The summed E-state index contributed by atoms with van der Waals surface area (Å²) in [4.78, 5) is 0. The molecule has 0 aromatic carbocycles. The Bertz CT molecular complexity index is 123. The van der Waals surface area contributed by atoms with Crippen molar-refractivity contribution >= 4 is 0 Å². The molecule has 0 nitrogen and oxygen atoms in total. The van der Waals surface area contributed by atoms with Crippen molar-refractivity contribution < 1.29 is 1.43 Å². The second-order valence-electron chi connectivity index (χ2n) is 6.73. The summed E-state index contributed by atoms with van der Waals surface area (Å²) in [6.45, 7) is 9.47. The topological polar surface area (TPSA) is 0 Å². The zero-order valence-electron chi connectivity index (χ0n) is 12.0. The maximum atomic E-state index is 2.37. The first kappa shape index (κ1) is 20.3. The molecule has 0 amide bonds. The lowest BCUT2D eigenvalue weighted by molar-refractivity contribution is 0.308. The second kappa shape index (κ2) is 10.9. The molecular formula is C18H42. The van der Waals surface area contributed by atoms with Gasteiger partial charge in [-0.25, -0.2) is 0 Å². The van der Waals surface area contributed by atoms with E-state index in [4.69, 9.17) is 0 Å². The first-order valence-electron chi connectivity index (χ1n) is 7.58. The molecule has 0 atom stereocenters. The number of hydrogen-bond acceptors (Lipinski definition) is 0.